The Labute approximate surface area is 80.3 Å². The maximum Gasteiger partial charge on any atom is 0.241 e. The van der Waals surface area contributed by atoms with Gasteiger partial charge in [0.25, 0.3) is 0 Å². The Morgan fingerprint density at radius 3 is 2.57 bits per heavy atom. The number of benzene rings is 1. The highest BCUT2D eigenvalue weighted by Gasteiger charge is 2.06. The third-order valence-electron chi connectivity index (χ3n) is 1.66. The predicted molar refractivity (Wildman–Crippen MR) is 52.4 cm³/mol. The van der Waals surface area contributed by atoms with Crippen molar-refractivity contribution in [3.05, 3.63) is 23.8 Å². The molecule has 1 amide bonds. The molecule has 0 aliphatic carbocycles. The van der Waals surface area contributed by atoms with E-state index in [1.165, 1.54) is 18.2 Å². The number of carbonyl (C=O) groups excluding carboxylic acids is 1. The van der Waals surface area contributed by atoms with Crippen molar-refractivity contribution in [1.82, 2.24) is 0 Å². The topological polar surface area (TPSA) is 110 Å². The van der Waals surface area contributed by atoms with Crippen LogP contribution in [0.5, 0.6) is 11.5 Å². The molecule has 74 valence electrons. The molecule has 0 aliphatic rings. The van der Waals surface area contributed by atoms with Crippen molar-refractivity contribution >= 4 is 17.7 Å². The van der Waals surface area contributed by atoms with Crippen molar-refractivity contribution in [2.24, 2.45) is 5.73 Å². The lowest BCUT2D eigenvalue weighted by Crippen LogP contribution is -2.05. The van der Waals surface area contributed by atoms with Crippen molar-refractivity contribution < 1.29 is 15.0 Å². The van der Waals surface area contributed by atoms with E-state index < -0.39 is 11.7 Å². The molecule has 6 N–H and O–H groups in total. The zero-order valence-corrected chi connectivity index (χ0v) is 7.27. The lowest BCUT2D eigenvalue weighted by molar-refractivity contribution is -0.113. The third-order valence-corrected chi connectivity index (χ3v) is 1.66. The van der Waals surface area contributed by atoms with Crippen LogP contribution in [-0.2, 0) is 4.79 Å². The summed E-state index contributed by atoms with van der Waals surface area (Å²) < 4.78 is 0. The summed E-state index contributed by atoms with van der Waals surface area (Å²) in [4.78, 5) is 10.4. The molecule has 14 heavy (non-hydrogen) atoms. The first-order valence-electron chi connectivity index (χ1n) is 3.80. The number of amides is 1. The van der Waals surface area contributed by atoms with Crippen LogP contribution in [0.2, 0.25) is 0 Å². The quantitative estimate of drug-likeness (QED) is 0.306. The zero-order chi connectivity index (χ0) is 10.7. The maximum atomic E-state index is 10.4. The summed E-state index contributed by atoms with van der Waals surface area (Å²) >= 11 is 0. The van der Waals surface area contributed by atoms with Crippen molar-refractivity contribution in [3.8, 4) is 11.5 Å². The number of nitrogen functional groups attached to an aromatic ring is 1. The molecule has 0 radical (unpaired) electrons. The van der Waals surface area contributed by atoms with Gasteiger partial charge in [-0.3, -0.25) is 4.79 Å². The molecule has 0 aliphatic heterocycles. The minimum Gasteiger partial charge on any atom is -0.504 e. The van der Waals surface area contributed by atoms with Gasteiger partial charge in [0, 0.05) is 11.6 Å². The van der Waals surface area contributed by atoms with Crippen LogP contribution in [0.15, 0.2) is 18.2 Å². The molecule has 0 aromatic heterocycles. The maximum absolute atomic E-state index is 10.4. The van der Waals surface area contributed by atoms with Crippen LogP contribution in [0.1, 0.15) is 5.56 Å². The largest absolute Gasteiger partial charge is 0.504 e. The van der Waals surface area contributed by atoms with Gasteiger partial charge < -0.3 is 21.7 Å². The summed E-state index contributed by atoms with van der Waals surface area (Å²) in [6.07, 6.45) is 2.47. The molecule has 0 saturated heterocycles. The fraction of sp³-hybridized carbons (Fsp3) is 0. The van der Waals surface area contributed by atoms with E-state index in [9.17, 15) is 9.90 Å². The molecule has 0 unspecified atom stereocenters. The summed E-state index contributed by atoms with van der Waals surface area (Å²) in [6, 6.07) is 2.73. The highest BCUT2D eigenvalue weighted by molar-refractivity contribution is 5.91. The molecule has 0 spiro atoms. The lowest BCUT2D eigenvalue weighted by Gasteiger charge is -2.04. The van der Waals surface area contributed by atoms with Crippen molar-refractivity contribution in [3.63, 3.8) is 0 Å². The van der Waals surface area contributed by atoms with Gasteiger partial charge >= 0.3 is 0 Å². The minimum atomic E-state index is -0.614. The van der Waals surface area contributed by atoms with Crippen LogP contribution in [0.4, 0.5) is 5.69 Å². The average molecular weight is 194 g/mol. The normalized spacial score (nSPS) is 10.6. The van der Waals surface area contributed by atoms with Gasteiger partial charge in [-0.25, -0.2) is 0 Å². The third kappa shape index (κ3) is 1.95. The second-order valence-electron chi connectivity index (χ2n) is 2.67. The monoisotopic (exact) mass is 194 g/mol. The molecular weight excluding hydrogens is 184 g/mol. The Morgan fingerprint density at radius 2 is 2.00 bits per heavy atom. The first-order valence-corrected chi connectivity index (χ1v) is 3.80. The number of rotatable bonds is 2. The summed E-state index contributed by atoms with van der Waals surface area (Å²) in [5, 5.41) is 18.3. The molecule has 1 aromatic rings. The number of phenols is 2. The standard InChI is InChI=1S/C9H10N2O3/c10-7(13)4-2-5-1-3-6(12)9(14)8(5)11/h1-4,12,14H,11H2,(H2,10,13)/b4-2+. The van der Waals surface area contributed by atoms with Crippen molar-refractivity contribution in [2.75, 3.05) is 5.73 Å². The average Bonchev–Trinajstić information content (AvgIpc) is 2.13. The SMILES string of the molecule is NC(=O)/C=C/c1ccc(O)c(O)c1N. The van der Waals surface area contributed by atoms with Crippen molar-refractivity contribution in [1.29, 1.82) is 0 Å². The molecule has 1 aromatic carbocycles. The van der Waals surface area contributed by atoms with E-state index in [2.05, 4.69) is 0 Å². The Hall–Kier alpha value is -2.17. The highest BCUT2D eigenvalue weighted by Crippen LogP contribution is 2.33. The van der Waals surface area contributed by atoms with Crippen LogP contribution >= 0.6 is 0 Å². The van der Waals surface area contributed by atoms with E-state index in [0.29, 0.717) is 5.56 Å². The van der Waals surface area contributed by atoms with Gasteiger partial charge in [-0.1, -0.05) is 0 Å². The van der Waals surface area contributed by atoms with Crippen LogP contribution in [0.25, 0.3) is 6.08 Å². The van der Waals surface area contributed by atoms with Gasteiger partial charge in [0.2, 0.25) is 5.91 Å². The Kier molecular flexibility index (Phi) is 2.62. The summed E-state index contributed by atoms with van der Waals surface area (Å²) in [7, 11) is 0. The fourth-order valence-electron chi connectivity index (χ4n) is 0.929. The number of carbonyl (C=O) groups is 1. The fourth-order valence-corrected chi connectivity index (χ4v) is 0.929. The number of anilines is 1. The van der Waals surface area contributed by atoms with E-state index in [1.807, 2.05) is 0 Å². The van der Waals surface area contributed by atoms with E-state index in [0.717, 1.165) is 6.08 Å². The van der Waals surface area contributed by atoms with Gasteiger partial charge in [0.1, 0.15) is 0 Å². The summed E-state index contributed by atoms with van der Waals surface area (Å²) in [5.41, 5.74) is 10.8. The zero-order valence-electron chi connectivity index (χ0n) is 7.27. The smallest absolute Gasteiger partial charge is 0.241 e. The first-order chi connectivity index (χ1) is 6.52. The molecule has 0 bridgehead atoms. The number of aromatic hydroxyl groups is 2. The number of nitrogens with two attached hydrogens (primary N) is 2. The molecule has 0 atom stereocenters. The van der Waals surface area contributed by atoms with Crippen molar-refractivity contribution in [2.45, 2.75) is 0 Å². The molecule has 0 fully saturated rings. The van der Waals surface area contributed by atoms with Crippen LogP contribution < -0.4 is 11.5 Å². The summed E-state index contributed by atoms with van der Waals surface area (Å²) in [5.74, 6) is -1.33. The van der Waals surface area contributed by atoms with E-state index in [-0.39, 0.29) is 11.4 Å². The molecule has 1 rings (SSSR count). The van der Waals surface area contributed by atoms with E-state index in [1.54, 1.807) is 0 Å². The lowest BCUT2D eigenvalue weighted by atomic mass is 10.1. The molecular formula is C9H10N2O3. The number of hydrogen-bond acceptors (Lipinski definition) is 4. The number of phenolic OH excluding ortho intramolecular Hbond substituents is 2. The highest BCUT2D eigenvalue weighted by atomic mass is 16.3. The minimum absolute atomic E-state index is 0.00231. The van der Waals surface area contributed by atoms with Crippen LogP contribution in [0.3, 0.4) is 0 Å². The molecule has 5 nitrogen and oxygen atoms in total. The van der Waals surface area contributed by atoms with Gasteiger partial charge in [0.15, 0.2) is 11.5 Å². The Morgan fingerprint density at radius 1 is 1.36 bits per heavy atom. The Bertz CT molecular complexity index is 399. The second kappa shape index (κ2) is 3.69. The molecule has 0 saturated carbocycles. The summed E-state index contributed by atoms with van der Waals surface area (Å²) in [6.45, 7) is 0. The Balaban J connectivity index is 3.12. The molecule has 0 heterocycles. The van der Waals surface area contributed by atoms with Gasteiger partial charge in [-0.2, -0.15) is 0 Å². The number of hydrogen-bond donors (Lipinski definition) is 4. The van der Waals surface area contributed by atoms with E-state index >= 15 is 0 Å². The van der Waals surface area contributed by atoms with Gasteiger partial charge in [-0.15, -0.1) is 0 Å². The van der Waals surface area contributed by atoms with Crippen LogP contribution in [-0.4, -0.2) is 16.1 Å². The van der Waals surface area contributed by atoms with E-state index in [4.69, 9.17) is 16.6 Å². The van der Waals surface area contributed by atoms with Crippen LogP contribution in [0, 0.1) is 0 Å². The van der Waals surface area contributed by atoms with Gasteiger partial charge in [0.05, 0.1) is 5.69 Å². The molecule has 5 heteroatoms. The second-order valence-corrected chi connectivity index (χ2v) is 2.67. The predicted octanol–water partition coefficient (Wildman–Crippen LogP) is 0.179. The first kappa shape index (κ1) is 9.91. The van der Waals surface area contributed by atoms with Gasteiger partial charge in [-0.05, 0) is 18.2 Å². The number of primary amides is 1.